The summed E-state index contributed by atoms with van der Waals surface area (Å²) in [6.45, 7) is 10.6. The number of nitrogen functional groups attached to an aromatic ring is 2. The van der Waals surface area contributed by atoms with E-state index in [-0.39, 0.29) is 0 Å². The molecule has 5 heteroatoms. The van der Waals surface area contributed by atoms with E-state index in [1.54, 1.807) is 7.05 Å². The van der Waals surface area contributed by atoms with Crippen LogP contribution in [0.25, 0.3) is 0 Å². The van der Waals surface area contributed by atoms with Gasteiger partial charge in [0.15, 0.2) is 0 Å². The van der Waals surface area contributed by atoms with Crippen LogP contribution in [0.2, 0.25) is 0 Å². The molecule has 2 aromatic rings. The Balaban J connectivity index is 0.000000463. The minimum absolute atomic E-state index is 0.422. The second kappa shape index (κ2) is 7.72. The predicted octanol–water partition coefficient (Wildman–Crippen LogP) is 3.47. The molecule has 0 aliphatic rings. The smallest absolute Gasteiger partial charge is 0.136 e. The van der Waals surface area contributed by atoms with E-state index in [0.29, 0.717) is 16.9 Å². The van der Waals surface area contributed by atoms with Crippen molar-refractivity contribution in [1.29, 1.82) is 0 Å². The van der Waals surface area contributed by atoms with Gasteiger partial charge in [0, 0.05) is 18.3 Å². The first-order valence-corrected chi connectivity index (χ1v) is 7.53. The molecule has 0 spiro atoms. The van der Waals surface area contributed by atoms with E-state index in [9.17, 15) is 0 Å². The van der Waals surface area contributed by atoms with Crippen LogP contribution in [0.3, 0.4) is 0 Å². The van der Waals surface area contributed by atoms with Crippen molar-refractivity contribution in [2.45, 2.75) is 34.6 Å². The molecule has 1 aromatic carbocycles. The minimum Gasteiger partial charge on any atom is -0.399 e. The molecular formula is C18H27N5. The van der Waals surface area contributed by atoms with Crippen LogP contribution < -0.4 is 11.5 Å². The monoisotopic (exact) mass is 313 g/mol. The molecule has 2 rings (SSSR count). The molecule has 0 saturated carbocycles. The van der Waals surface area contributed by atoms with E-state index in [1.165, 1.54) is 6.33 Å². The zero-order valence-electron chi connectivity index (χ0n) is 14.9. The van der Waals surface area contributed by atoms with Gasteiger partial charge >= 0.3 is 0 Å². The highest BCUT2D eigenvalue weighted by Crippen LogP contribution is 2.19. The van der Waals surface area contributed by atoms with E-state index < -0.39 is 0 Å². The van der Waals surface area contributed by atoms with Crippen molar-refractivity contribution in [3.05, 3.63) is 47.4 Å². The number of hydrogen-bond acceptors (Lipinski definition) is 5. The van der Waals surface area contributed by atoms with E-state index in [2.05, 4.69) is 42.7 Å². The third-order valence-electron chi connectivity index (χ3n) is 2.69. The summed E-state index contributed by atoms with van der Waals surface area (Å²) in [6, 6.07) is 7.50. The fourth-order valence-corrected chi connectivity index (χ4v) is 1.86. The van der Waals surface area contributed by atoms with Gasteiger partial charge in [-0.15, -0.1) is 0 Å². The van der Waals surface area contributed by atoms with E-state index in [4.69, 9.17) is 11.5 Å². The molecule has 0 aliphatic carbocycles. The van der Waals surface area contributed by atoms with Crippen molar-refractivity contribution >= 4 is 17.2 Å². The molecule has 0 unspecified atom stereocenters. The molecule has 0 bridgehead atoms. The number of hydrogen-bond donors (Lipinski definition) is 2. The van der Waals surface area contributed by atoms with Crippen molar-refractivity contribution < 1.29 is 0 Å². The highest BCUT2D eigenvalue weighted by atomic mass is 14.9. The number of rotatable bonds is 2. The Bertz CT molecular complexity index is 658. The van der Waals surface area contributed by atoms with Gasteiger partial charge in [0.25, 0.3) is 0 Å². The van der Waals surface area contributed by atoms with Crippen LogP contribution in [0.5, 0.6) is 0 Å². The molecule has 0 amide bonds. The van der Waals surface area contributed by atoms with Gasteiger partial charge in [-0.3, -0.25) is 4.99 Å². The molecule has 0 fully saturated rings. The second-order valence-corrected chi connectivity index (χ2v) is 6.92. The molecule has 124 valence electrons. The number of aryl methyl sites for hydroxylation is 1. The zero-order chi connectivity index (χ0) is 17.6. The molecule has 0 saturated heterocycles. The summed E-state index contributed by atoms with van der Waals surface area (Å²) in [5.41, 5.74) is 16.1. The third-order valence-corrected chi connectivity index (χ3v) is 2.69. The highest BCUT2D eigenvalue weighted by molar-refractivity contribution is 6.16. The topological polar surface area (TPSA) is 90.2 Å². The molecular weight excluding hydrogens is 286 g/mol. The lowest BCUT2D eigenvalue weighted by atomic mass is 10.0. The number of benzene rings is 1. The third kappa shape index (κ3) is 6.06. The Hall–Kier alpha value is -2.43. The summed E-state index contributed by atoms with van der Waals surface area (Å²) in [4.78, 5) is 12.5. The Morgan fingerprint density at radius 1 is 1.09 bits per heavy atom. The summed E-state index contributed by atoms with van der Waals surface area (Å²) in [6.07, 6.45) is 1.45. The first kappa shape index (κ1) is 18.6. The van der Waals surface area contributed by atoms with Crippen LogP contribution in [-0.4, -0.2) is 22.7 Å². The first-order valence-electron chi connectivity index (χ1n) is 7.53. The molecule has 0 aliphatic heterocycles. The summed E-state index contributed by atoms with van der Waals surface area (Å²) in [7, 11) is 1.71. The quantitative estimate of drug-likeness (QED) is 0.656. The zero-order valence-corrected chi connectivity index (χ0v) is 14.9. The van der Waals surface area contributed by atoms with Gasteiger partial charge in [-0.1, -0.05) is 39.8 Å². The SMILES string of the molecule is CC(C)(C)C.CN=C(c1cccc(N)c1)c1c(C)ncnc1N. The van der Waals surface area contributed by atoms with Gasteiger partial charge in [-0.2, -0.15) is 0 Å². The van der Waals surface area contributed by atoms with Gasteiger partial charge in [-0.05, 0) is 24.5 Å². The lowest BCUT2D eigenvalue weighted by Crippen LogP contribution is -2.12. The lowest BCUT2D eigenvalue weighted by Gasteiger charge is -2.11. The Labute approximate surface area is 138 Å². The van der Waals surface area contributed by atoms with Crippen LogP contribution in [0.1, 0.15) is 44.5 Å². The van der Waals surface area contributed by atoms with Gasteiger partial charge < -0.3 is 11.5 Å². The Morgan fingerprint density at radius 3 is 2.17 bits per heavy atom. The van der Waals surface area contributed by atoms with Crippen LogP contribution >= 0.6 is 0 Å². The second-order valence-electron chi connectivity index (χ2n) is 6.92. The van der Waals surface area contributed by atoms with Gasteiger partial charge in [-0.25, -0.2) is 9.97 Å². The largest absolute Gasteiger partial charge is 0.399 e. The Kier molecular flexibility index (Phi) is 6.25. The average Bonchev–Trinajstić information content (AvgIpc) is 2.41. The fourth-order valence-electron chi connectivity index (χ4n) is 1.86. The van der Waals surface area contributed by atoms with E-state index >= 15 is 0 Å². The van der Waals surface area contributed by atoms with Crippen molar-refractivity contribution in [1.82, 2.24) is 9.97 Å². The maximum Gasteiger partial charge on any atom is 0.136 e. The molecule has 1 aromatic heterocycles. The molecule has 1 heterocycles. The first-order chi connectivity index (χ1) is 10.6. The summed E-state index contributed by atoms with van der Waals surface area (Å²) in [5, 5.41) is 0. The number of anilines is 2. The summed E-state index contributed by atoms with van der Waals surface area (Å²) < 4.78 is 0. The van der Waals surface area contributed by atoms with Crippen molar-refractivity contribution in [2.24, 2.45) is 10.4 Å². The molecule has 0 radical (unpaired) electrons. The number of aromatic nitrogens is 2. The molecule has 4 N–H and O–H groups in total. The molecule has 0 atom stereocenters. The van der Waals surface area contributed by atoms with Crippen LogP contribution in [0, 0.1) is 12.3 Å². The number of aliphatic imine (C=N–C) groups is 1. The minimum atomic E-state index is 0.422. The van der Waals surface area contributed by atoms with Gasteiger partial charge in [0.05, 0.1) is 17.0 Å². The maximum atomic E-state index is 5.91. The van der Waals surface area contributed by atoms with E-state index in [1.807, 2.05) is 31.2 Å². The summed E-state index contributed by atoms with van der Waals surface area (Å²) in [5.74, 6) is 0.422. The highest BCUT2D eigenvalue weighted by Gasteiger charge is 2.14. The average molecular weight is 313 g/mol. The van der Waals surface area contributed by atoms with Gasteiger partial charge in [0.2, 0.25) is 0 Å². The van der Waals surface area contributed by atoms with Crippen molar-refractivity contribution in [2.75, 3.05) is 18.5 Å². The van der Waals surface area contributed by atoms with E-state index in [0.717, 1.165) is 22.5 Å². The Morgan fingerprint density at radius 2 is 1.70 bits per heavy atom. The molecule has 23 heavy (non-hydrogen) atoms. The van der Waals surface area contributed by atoms with Crippen LogP contribution in [0.15, 0.2) is 35.6 Å². The lowest BCUT2D eigenvalue weighted by molar-refractivity contribution is 0.469. The van der Waals surface area contributed by atoms with Crippen LogP contribution in [-0.2, 0) is 0 Å². The normalized spacial score (nSPS) is 11.7. The fraction of sp³-hybridized carbons (Fsp3) is 0.389. The van der Waals surface area contributed by atoms with Crippen molar-refractivity contribution in [3.63, 3.8) is 0 Å². The van der Waals surface area contributed by atoms with Gasteiger partial charge in [0.1, 0.15) is 12.1 Å². The number of nitrogens with two attached hydrogens (primary N) is 2. The molecule has 5 nitrogen and oxygen atoms in total. The van der Waals surface area contributed by atoms with Crippen molar-refractivity contribution in [3.8, 4) is 0 Å². The predicted molar refractivity (Wildman–Crippen MR) is 98.7 cm³/mol. The van der Waals surface area contributed by atoms with Crippen LogP contribution in [0.4, 0.5) is 11.5 Å². The standard InChI is InChI=1S/C13H15N5.C5H12/c1-8-11(13(15)18-7-17-8)12(16-2)9-4-3-5-10(14)6-9;1-5(2,3)4/h3-7H,14H2,1-2H3,(H2,15,17,18);1-4H3. The maximum absolute atomic E-state index is 5.91. The summed E-state index contributed by atoms with van der Waals surface area (Å²) >= 11 is 0. The number of nitrogens with zero attached hydrogens (tertiary/aromatic N) is 3.